The number of halogens is 1. The smallest absolute Gasteiger partial charge is 0.265 e. The molecule has 0 aliphatic carbocycles. The molecule has 1 N–H and O–H groups in total. The number of H-pyrrole nitrogens is 1. The van der Waals surface area contributed by atoms with Crippen LogP contribution in [0, 0.1) is 3.57 Å². The quantitative estimate of drug-likeness (QED) is 0.846. The molecule has 1 aromatic carbocycles. The Bertz CT molecular complexity index is 636. The lowest BCUT2D eigenvalue weighted by Gasteiger charge is -2.22. The molecular weight excluding hydrogens is 355 g/mol. The summed E-state index contributed by atoms with van der Waals surface area (Å²) in [6, 6.07) is 9.66. The van der Waals surface area contributed by atoms with Gasteiger partial charge in [0, 0.05) is 12.7 Å². The Balaban J connectivity index is 2.66. The van der Waals surface area contributed by atoms with E-state index in [-0.39, 0.29) is 5.56 Å². The van der Waals surface area contributed by atoms with Crippen LogP contribution in [0.15, 0.2) is 35.1 Å². The Morgan fingerprint density at radius 2 is 1.89 bits per heavy atom. The number of benzene rings is 1. The lowest BCUT2D eigenvalue weighted by molar-refractivity contribution is 0.0113. The van der Waals surface area contributed by atoms with Crippen LogP contribution in [0.3, 0.4) is 0 Å². The van der Waals surface area contributed by atoms with E-state index in [1.807, 2.05) is 66.8 Å². The van der Waals surface area contributed by atoms with Crippen LogP contribution in [0.4, 0.5) is 0 Å². The standard InChI is InChI=1S/C14H15IN2O2/c1-14(2,19-3)13-16-11(10(15)12(18)17-13)9-7-5-4-6-8-9/h4-8H,1-3H3,(H,16,17,18). The molecule has 0 radical (unpaired) electrons. The molecule has 0 aliphatic heterocycles. The number of ether oxygens (including phenoxy) is 1. The zero-order valence-corrected chi connectivity index (χ0v) is 13.2. The third kappa shape index (κ3) is 2.87. The fourth-order valence-corrected chi connectivity index (χ4v) is 2.19. The van der Waals surface area contributed by atoms with Crippen LogP contribution in [0.2, 0.25) is 0 Å². The fourth-order valence-electron chi connectivity index (χ4n) is 1.63. The number of hydrogen-bond acceptors (Lipinski definition) is 3. The van der Waals surface area contributed by atoms with Crippen molar-refractivity contribution in [2.75, 3.05) is 7.11 Å². The Labute approximate surface area is 125 Å². The molecule has 0 saturated heterocycles. The molecule has 1 heterocycles. The first kappa shape index (κ1) is 14.2. The molecular formula is C14H15IN2O2. The van der Waals surface area contributed by atoms with Gasteiger partial charge in [0.05, 0.1) is 5.69 Å². The number of hydrogen-bond donors (Lipinski definition) is 1. The van der Waals surface area contributed by atoms with Gasteiger partial charge < -0.3 is 9.72 Å². The summed E-state index contributed by atoms with van der Waals surface area (Å²) in [5, 5.41) is 0. The number of nitrogens with one attached hydrogen (secondary N) is 1. The van der Waals surface area contributed by atoms with Crippen molar-refractivity contribution in [1.82, 2.24) is 9.97 Å². The third-order valence-corrected chi connectivity index (χ3v) is 3.99. The van der Waals surface area contributed by atoms with Gasteiger partial charge >= 0.3 is 0 Å². The summed E-state index contributed by atoms with van der Waals surface area (Å²) in [5.41, 5.74) is 0.832. The van der Waals surface area contributed by atoms with Crippen molar-refractivity contribution >= 4 is 22.6 Å². The summed E-state index contributed by atoms with van der Waals surface area (Å²) >= 11 is 2.02. The highest BCUT2D eigenvalue weighted by Gasteiger charge is 2.24. The van der Waals surface area contributed by atoms with E-state index in [0.29, 0.717) is 15.1 Å². The Kier molecular flexibility index (Phi) is 4.05. The van der Waals surface area contributed by atoms with Gasteiger partial charge in [-0.25, -0.2) is 4.98 Å². The van der Waals surface area contributed by atoms with E-state index in [0.717, 1.165) is 5.56 Å². The van der Waals surface area contributed by atoms with Gasteiger partial charge in [-0.3, -0.25) is 4.79 Å². The maximum Gasteiger partial charge on any atom is 0.265 e. The van der Waals surface area contributed by atoms with Gasteiger partial charge in [-0.1, -0.05) is 30.3 Å². The van der Waals surface area contributed by atoms with Crippen LogP contribution >= 0.6 is 22.6 Å². The van der Waals surface area contributed by atoms with Gasteiger partial charge in [0.15, 0.2) is 0 Å². The highest BCUT2D eigenvalue weighted by Crippen LogP contribution is 2.25. The second-order valence-corrected chi connectivity index (χ2v) is 5.74. The Morgan fingerprint density at radius 3 is 2.47 bits per heavy atom. The van der Waals surface area contributed by atoms with E-state index in [4.69, 9.17) is 4.74 Å². The second-order valence-electron chi connectivity index (χ2n) is 4.66. The predicted molar refractivity (Wildman–Crippen MR) is 83.0 cm³/mol. The molecule has 100 valence electrons. The van der Waals surface area contributed by atoms with E-state index >= 15 is 0 Å². The van der Waals surface area contributed by atoms with Gasteiger partial charge in [-0.15, -0.1) is 0 Å². The lowest BCUT2D eigenvalue weighted by atomic mass is 10.1. The molecule has 0 spiro atoms. The zero-order valence-electron chi connectivity index (χ0n) is 11.0. The Hall–Kier alpha value is -1.21. The molecule has 5 heteroatoms. The molecule has 0 atom stereocenters. The van der Waals surface area contributed by atoms with Gasteiger partial charge in [0.2, 0.25) is 0 Å². The van der Waals surface area contributed by atoms with Crippen molar-refractivity contribution in [3.63, 3.8) is 0 Å². The molecule has 0 aliphatic rings. The topological polar surface area (TPSA) is 55.0 Å². The number of rotatable bonds is 3. The molecule has 0 amide bonds. The third-order valence-electron chi connectivity index (χ3n) is 2.99. The summed E-state index contributed by atoms with van der Waals surface area (Å²) in [7, 11) is 1.60. The maximum absolute atomic E-state index is 12.0. The van der Waals surface area contributed by atoms with Crippen LogP contribution < -0.4 is 5.56 Å². The molecule has 0 saturated carbocycles. The van der Waals surface area contributed by atoms with E-state index in [1.54, 1.807) is 7.11 Å². The highest BCUT2D eigenvalue weighted by molar-refractivity contribution is 14.1. The van der Waals surface area contributed by atoms with Crippen molar-refractivity contribution in [3.05, 3.63) is 50.1 Å². The average Bonchev–Trinajstić information content (AvgIpc) is 2.42. The van der Waals surface area contributed by atoms with Crippen LogP contribution in [-0.2, 0) is 10.3 Å². The number of methoxy groups -OCH3 is 1. The zero-order chi connectivity index (χ0) is 14.0. The average molecular weight is 370 g/mol. The summed E-state index contributed by atoms with van der Waals surface area (Å²) in [6.45, 7) is 3.74. The van der Waals surface area contributed by atoms with Gasteiger partial charge in [0.25, 0.3) is 5.56 Å². The largest absolute Gasteiger partial charge is 0.371 e. The van der Waals surface area contributed by atoms with Crippen LogP contribution in [0.25, 0.3) is 11.3 Å². The van der Waals surface area contributed by atoms with E-state index in [1.165, 1.54) is 0 Å². The molecule has 0 bridgehead atoms. The molecule has 19 heavy (non-hydrogen) atoms. The number of aromatic amines is 1. The first-order valence-corrected chi connectivity index (χ1v) is 6.94. The minimum absolute atomic E-state index is 0.144. The molecule has 2 aromatic rings. The number of nitrogens with zero attached hydrogens (tertiary/aromatic N) is 1. The maximum atomic E-state index is 12.0. The normalized spacial score (nSPS) is 11.6. The van der Waals surface area contributed by atoms with Crippen LogP contribution in [0.5, 0.6) is 0 Å². The lowest BCUT2D eigenvalue weighted by Crippen LogP contribution is -2.28. The summed E-state index contributed by atoms with van der Waals surface area (Å²) in [4.78, 5) is 19.4. The molecule has 4 nitrogen and oxygen atoms in total. The molecule has 0 fully saturated rings. The van der Waals surface area contributed by atoms with Gasteiger partial charge in [-0.05, 0) is 36.4 Å². The van der Waals surface area contributed by atoms with Crippen molar-refractivity contribution < 1.29 is 4.74 Å². The van der Waals surface area contributed by atoms with Crippen molar-refractivity contribution in [3.8, 4) is 11.3 Å². The minimum atomic E-state index is -0.632. The fraction of sp³-hybridized carbons (Fsp3) is 0.286. The molecule has 0 unspecified atom stereocenters. The minimum Gasteiger partial charge on any atom is -0.371 e. The van der Waals surface area contributed by atoms with E-state index < -0.39 is 5.60 Å². The molecule has 1 aromatic heterocycles. The monoisotopic (exact) mass is 370 g/mol. The highest BCUT2D eigenvalue weighted by atomic mass is 127. The second kappa shape index (κ2) is 5.42. The first-order valence-electron chi connectivity index (χ1n) is 5.86. The predicted octanol–water partition coefficient (Wildman–Crippen LogP) is 2.92. The first-order chi connectivity index (χ1) is 8.95. The summed E-state index contributed by atoms with van der Waals surface area (Å²) < 4.78 is 5.96. The van der Waals surface area contributed by atoms with Crippen LogP contribution in [-0.4, -0.2) is 17.1 Å². The van der Waals surface area contributed by atoms with Crippen molar-refractivity contribution in [2.45, 2.75) is 19.4 Å². The Morgan fingerprint density at radius 1 is 1.26 bits per heavy atom. The van der Waals surface area contributed by atoms with E-state index in [2.05, 4.69) is 9.97 Å². The summed E-state index contributed by atoms with van der Waals surface area (Å²) in [6.07, 6.45) is 0. The summed E-state index contributed by atoms with van der Waals surface area (Å²) in [5.74, 6) is 0.527. The van der Waals surface area contributed by atoms with Crippen LogP contribution in [0.1, 0.15) is 19.7 Å². The van der Waals surface area contributed by atoms with Gasteiger partial charge in [-0.2, -0.15) is 0 Å². The van der Waals surface area contributed by atoms with Gasteiger partial charge in [0.1, 0.15) is 15.0 Å². The van der Waals surface area contributed by atoms with Crippen molar-refractivity contribution in [2.24, 2.45) is 0 Å². The number of aromatic nitrogens is 2. The SMILES string of the molecule is COC(C)(C)c1nc(-c2ccccc2)c(I)c(=O)[nH]1. The van der Waals surface area contributed by atoms with Crippen molar-refractivity contribution in [1.29, 1.82) is 0 Å². The molecule has 2 rings (SSSR count). The van der Waals surface area contributed by atoms with E-state index in [9.17, 15) is 4.79 Å².